The van der Waals surface area contributed by atoms with Crippen molar-refractivity contribution >= 4 is 10.8 Å². The van der Waals surface area contributed by atoms with Crippen LogP contribution in [0.25, 0.3) is 0 Å². The highest BCUT2D eigenvalue weighted by atomic mass is 32.2. The van der Waals surface area contributed by atoms with Gasteiger partial charge in [-0.1, -0.05) is 0 Å². The van der Waals surface area contributed by atoms with Gasteiger partial charge in [0.25, 0.3) is 0 Å². The molecule has 0 radical (unpaired) electrons. The first-order valence-electron chi connectivity index (χ1n) is 4.07. The molecule has 0 saturated heterocycles. The Bertz CT molecular complexity index is 176. The van der Waals surface area contributed by atoms with E-state index in [4.69, 9.17) is 5.26 Å². The molecule has 3 nitrogen and oxygen atoms in total. The molecular formula is C8H16N2OS. The van der Waals surface area contributed by atoms with Crippen LogP contribution in [0.1, 0.15) is 19.8 Å². The van der Waals surface area contributed by atoms with E-state index in [2.05, 4.69) is 11.4 Å². The number of hydrogen-bond acceptors (Lipinski definition) is 3. The maximum absolute atomic E-state index is 10.8. The van der Waals surface area contributed by atoms with Gasteiger partial charge in [0.05, 0.1) is 6.07 Å². The summed E-state index contributed by atoms with van der Waals surface area (Å²) in [5.74, 6) is 0.687. The van der Waals surface area contributed by atoms with E-state index >= 15 is 0 Å². The van der Waals surface area contributed by atoms with Crippen LogP contribution in [-0.2, 0) is 10.8 Å². The van der Waals surface area contributed by atoms with Gasteiger partial charge in [-0.25, -0.2) is 0 Å². The van der Waals surface area contributed by atoms with Gasteiger partial charge >= 0.3 is 0 Å². The van der Waals surface area contributed by atoms with Crippen molar-refractivity contribution < 1.29 is 4.21 Å². The van der Waals surface area contributed by atoms with Crippen molar-refractivity contribution in [3.63, 3.8) is 0 Å². The number of unbranched alkanes of at least 4 members (excludes halogenated alkanes) is 1. The first-order valence-corrected chi connectivity index (χ1v) is 5.80. The van der Waals surface area contributed by atoms with Gasteiger partial charge in [0.1, 0.15) is 0 Å². The fourth-order valence-electron chi connectivity index (χ4n) is 0.927. The first-order chi connectivity index (χ1) is 5.66. The molecule has 2 atom stereocenters. The van der Waals surface area contributed by atoms with E-state index in [9.17, 15) is 4.21 Å². The van der Waals surface area contributed by atoms with Crippen molar-refractivity contribution in [3.8, 4) is 6.07 Å². The van der Waals surface area contributed by atoms with Gasteiger partial charge in [0, 0.05) is 35.3 Å². The molecule has 0 rings (SSSR count). The van der Waals surface area contributed by atoms with Gasteiger partial charge in [-0.3, -0.25) is 4.21 Å². The zero-order chi connectivity index (χ0) is 9.40. The van der Waals surface area contributed by atoms with Crippen LogP contribution in [0.4, 0.5) is 0 Å². The Morgan fingerprint density at radius 2 is 2.33 bits per heavy atom. The molecule has 0 aromatic carbocycles. The first kappa shape index (κ1) is 11.6. The van der Waals surface area contributed by atoms with Gasteiger partial charge in [0.15, 0.2) is 0 Å². The lowest BCUT2D eigenvalue weighted by Crippen LogP contribution is -2.31. The Morgan fingerprint density at radius 1 is 1.67 bits per heavy atom. The molecule has 0 aromatic rings. The molecule has 0 aliphatic carbocycles. The standard InChI is InChI=1S/C8H16N2OS/c1-8(7-12(2)11)10-6-4-3-5-9/h8,10H,3-4,6-7H2,1-2H3. The summed E-state index contributed by atoms with van der Waals surface area (Å²) in [6.07, 6.45) is 3.17. The Hall–Kier alpha value is -0.400. The zero-order valence-electron chi connectivity index (χ0n) is 7.67. The lowest BCUT2D eigenvalue weighted by Gasteiger charge is -2.10. The molecule has 1 N–H and O–H groups in total. The monoisotopic (exact) mass is 188 g/mol. The average Bonchev–Trinajstić information content (AvgIpc) is 1.97. The topological polar surface area (TPSA) is 52.9 Å². The maximum atomic E-state index is 10.8. The summed E-state index contributed by atoms with van der Waals surface area (Å²) in [4.78, 5) is 0. The van der Waals surface area contributed by atoms with Crippen LogP contribution >= 0.6 is 0 Å². The largest absolute Gasteiger partial charge is 0.313 e. The minimum Gasteiger partial charge on any atom is -0.313 e. The Kier molecular flexibility index (Phi) is 7.02. The summed E-state index contributed by atoms with van der Waals surface area (Å²) < 4.78 is 10.8. The molecule has 0 heterocycles. The lowest BCUT2D eigenvalue weighted by molar-refractivity contribution is 0.574. The molecule has 0 fully saturated rings. The van der Waals surface area contributed by atoms with Crippen LogP contribution in [0.5, 0.6) is 0 Å². The summed E-state index contributed by atoms with van der Waals surface area (Å²) in [5, 5.41) is 11.5. The number of nitrogens with one attached hydrogen (secondary N) is 1. The van der Waals surface area contributed by atoms with Crippen molar-refractivity contribution in [1.82, 2.24) is 5.32 Å². The molecule has 0 saturated carbocycles. The maximum Gasteiger partial charge on any atom is 0.0622 e. The Morgan fingerprint density at radius 3 is 2.83 bits per heavy atom. The van der Waals surface area contributed by atoms with Gasteiger partial charge in [-0.05, 0) is 19.9 Å². The molecule has 12 heavy (non-hydrogen) atoms. The minimum absolute atomic E-state index is 0.287. The molecule has 70 valence electrons. The van der Waals surface area contributed by atoms with E-state index in [1.54, 1.807) is 6.26 Å². The van der Waals surface area contributed by atoms with E-state index in [1.807, 2.05) is 6.92 Å². The van der Waals surface area contributed by atoms with Gasteiger partial charge in [-0.15, -0.1) is 0 Å². The summed E-state index contributed by atoms with van der Waals surface area (Å²) in [7, 11) is -0.730. The summed E-state index contributed by atoms with van der Waals surface area (Å²) in [6, 6.07) is 2.37. The normalized spacial score (nSPS) is 15.1. The van der Waals surface area contributed by atoms with E-state index in [0.717, 1.165) is 13.0 Å². The summed E-state index contributed by atoms with van der Waals surface area (Å²) >= 11 is 0. The highest BCUT2D eigenvalue weighted by Crippen LogP contribution is 1.88. The molecule has 4 heteroatoms. The number of nitriles is 1. The summed E-state index contributed by atoms with van der Waals surface area (Å²) in [5.41, 5.74) is 0. The van der Waals surface area contributed by atoms with Crippen LogP contribution in [-0.4, -0.2) is 28.8 Å². The molecule has 0 amide bonds. The van der Waals surface area contributed by atoms with Crippen molar-refractivity contribution in [2.45, 2.75) is 25.8 Å². The van der Waals surface area contributed by atoms with E-state index in [1.165, 1.54) is 0 Å². The highest BCUT2D eigenvalue weighted by Gasteiger charge is 2.01. The van der Waals surface area contributed by atoms with Crippen molar-refractivity contribution in [1.29, 1.82) is 5.26 Å². The quantitative estimate of drug-likeness (QED) is 0.623. The highest BCUT2D eigenvalue weighted by molar-refractivity contribution is 7.84. The third kappa shape index (κ3) is 7.70. The number of hydrogen-bond donors (Lipinski definition) is 1. The number of rotatable bonds is 6. The predicted octanol–water partition coefficient (Wildman–Crippen LogP) is 0.647. The Labute approximate surface area is 76.6 Å². The van der Waals surface area contributed by atoms with E-state index in [-0.39, 0.29) is 6.04 Å². The fraction of sp³-hybridized carbons (Fsp3) is 0.875. The third-order valence-electron chi connectivity index (χ3n) is 1.44. The van der Waals surface area contributed by atoms with Crippen LogP contribution in [0, 0.1) is 11.3 Å². The SMILES string of the molecule is CC(CS(C)=O)NCCCC#N. The molecule has 0 aliphatic heterocycles. The lowest BCUT2D eigenvalue weighted by atomic mass is 10.3. The predicted molar refractivity (Wildman–Crippen MR) is 51.2 cm³/mol. The zero-order valence-corrected chi connectivity index (χ0v) is 8.49. The van der Waals surface area contributed by atoms with Crippen LogP contribution in [0.2, 0.25) is 0 Å². The molecule has 2 unspecified atom stereocenters. The van der Waals surface area contributed by atoms with E-state index in [0.29, 0.717) is 12.2 Å². The minimum atomic E-state index is -0.730. The van der Waals surface area contributed by atoms with Gasteiger partial charge in [0.2, 0.25) is 0 Å². The van der Waals surface area contributed by atoms with Crippen LogP contribution in [0.15, 0.2) is 0 Å². The van der Waals surface area contributed by atoms with Crippen molar-refractivity contribution in [3.05, 3.63) is 0 Å². The second-order valence-corrected chi connectivity index (χ2v) is 4.34. The molecule has 0 aliphatic rings. The molecule has 0 bridgehead atoms. The average molecular weight is 188 g/mol. The summed E-state index contributed by atoms with van der Waals surface area (Å²) in [6.45, 7) is 2.85. The van der Waals surface area contributed by atoms with Gasteiger partial charge < -0.3 is 5.32 Å². The van der Waals surface area contributed by atoms with E-state index < -0.39 is 10.8 Å². The van der Waals surface area contributed by atoms with Crippen molar-refractivity contribution in [2.75, 3.05) is 18.6 Å². The van der Waals surface area contributed by atoms with Crippen LogP contribution in [0.3, 0.4) is 0 Å². The molecular weight excluding hydrogens is 172 g/mol. The number of nitrogens with zero attached hydrogens (tertiary/aromatic N) is 1. The van der Waals surface area contributed by atoms with Gasteiger partial charge in [-0.2, -0.15) is 5.26 Å². The second kappa shape index (κ2) is 7.26. The second-order valence-electron chi connectivity index (χ2n) is 2.86. The smallest absolute Gasteiger partial charge is 0.0622 e. The Balaban J connectivity index is 3.26. The molecule has 0 aromatic heterocycles. The molecule has 0 spiro atoms. The fourth-order valence-corrected chi connectivity index (χ4v) is 1.75. The van der Waals surface area contributed by atoms with Crippen LogP contribution < -0.4 is 5.32 Å². The third-order valence-corrected chi connectivity index (χ3v) is 2.41. The van der Waals surface area contributed by atoms with Crippen molar-refractivity contribution in [2.24, 2.45) is 0 Å².